The molecule has 1 unspecified atom stereocenters. The minimum Gasteiger partial charge on any atom is -0.459 e. The first-order valence-corrected chi connectivity index (χ1v) is 7.52. The first-order valence-electron chi connectivity index (χ1n) is 7.14. The first-order chi connectivity index (χ1) is 11.2. The summed E-state index contributed by atoms with van der Waals surface area (Å²) in [7, 11) is 0. The number of halogens is 1. The number of carbonyl (C=O) groups is 1. The molecule has 6 nitrogen and oxygen atoms in total. The van der Waals surface area contributed by atoms with E-state index in [-0.39, 0.29) is 11.8 Å². The molecule has 1 amide bonds. The standard InChI is InChI=1S/C16H12ClN3O3/c17-11-3-5-12(6-4-11)20-9-10(8-14(20)21)15-18-16(23-19-15)13-2-1-7-22-13/h1-7,10H,8-9H2. The van der Waals surface area contributed by atoms with Crippen molar-refractivity contribution >= 4 is 23.2 Å². The third-order valence-electron chi connectivity index (χ3n) is 3.80. The van der Waals surface area contributed by atoms with Gasteiger partial charge in [0.05, 0.1) is 6.26 Å². The predicted octanol–water partition coefficient (Wildman–Crippen LogP) is 3.50. The van der Waals surface area contributed by atoms with Crippen LogP contribution in [0.3, 0.4) is 0 Å². The largest absolute Gasteiger partial charge is 0.459 e. The van der Waals surface area contributed by atoms with Crippen LogP contribution in [-0.2, 0) is 4.79 Å². The van der Waals surface area contributed by atoms with Crippen LogP contribution in [0.1, 0.15) is 18.2 Å². The van der Waals surface area contributed by atoms with E-state index in [0.29, 0.717) is 35.5 Å². The van der Waals surface area contributed by atoms with Crippen molar-refractivity contribution in [2.45, 2.75) is 12.3 Å². The molecule has 0 radical (unpaired) electrons. The van der Waals surface area contributed by atoms with Crippen molar-refractivity contribution in [1.82, 2.24) is 10.1 Å². The van der Waals surface area contributed by atoms with E-state index in [1.54, 1.807) is 35.4 Å². The Kier molecular flexibility index (Phi) is 3.38. The number of anilines is 1. The highest BCUT2D eigenvalue weighted by Gasteiger charge is 2.34. The molecule has 0 aliphatic carbocycles. The van der Waals surface area contributed by atoms with Gasteiger partial charge in [-0.1, -0.05) is 16.8 Å². The molecule has 7 heteroatoms. The van der Waals surface area contributed by atoms with Crippen molar-refractivity contribution in [2.24, 2.45) is 0 Å². The molecular formula is C16H12ClN3O3. The van der Waals surface area contributed by atoms with Crippen LogP contribution in [-0.4, -0.2) is 22.6 Å². The van der Waals surface area contributed by atoms with E-state index in [0.717, 1.165) is 5.69 Å². The molecule has 1 atom stereocenters. The number of rotatable bonds is 3. The average molecular weight is 330 g/mol. The lowest BCUT2D eigenvalue weighted by molar-refractivity contribution is -0.117. The maximum Gasteiger partial charge on any atom is 0.293 e. The topological polar surface area (TPSA) is 72.4 Å². The zero-order chi connectivity index (χ0) is 15.8. The van der Waals surface area contributed by atoms with Crippen molar-refractivity contribution in [3.63, 3.8) is 0 Å². The average Bonchev–Trinajstić information content (AvgIpc) is 3.27. The SMILES string of the molecule is O=C1CC(c2noc(-c3ccco3)n2)CN1c1ccc(Cl)cc1. The van der Waals surface area contributed by atoms with Crippen LogP contribution in [0.4, 0.5) is 5.69 Å². The summed E-state index contributed by atoms with van der Waals surface area (Å²) in [6.07, 6.45) is 1.89. The Morgan fingerprint density at radius 1 is 1.22 bits per heavy atom. The van der Waals surface area contributed by atoms with Gasteiger partial charge >= 0.3 is 0 Å². The summed E-state index contributed by atoms with van der Waals surface area (Å²) in [6.45, 7) is 0.512. The number of hydrogen-bond acceptors (Lipinski definition) is 5. The molecule has 0 N–H and O–H groups in total. The lowest BCUT2D eigenvalue weighted by Gasteiger charge is -2.16. The van der Waals surface area contributed by atoms with Gasteiger partial charge in [-0.3, -0.25) is 4.79 Å². The fraction of sp³-hybridized carbons (Fsp3) is 0.188. The van der Waals surface area contributed by atoms with E-state index in [2.05, 4.69) is 10.1 Å². The van der Waals surface area contributed by atoms with Crippen molar-refractivity contribution in [3.05, 3.63) is 53.5 Å². The lowest BCUT2D eigenvalue weighted by atomic mass is 10.1. The number of hydrogen-bond donors (Lipinski definition) is 0. The predicted molar refractivity (Wildman–Crippen MR) is 83.2 cm³/mol. The Bertz CT molecular complexity index is 827. The van der Waals surface area contributed by atoms with Crippen LogP contribution >= 0.6 is 11.6 Å². The molecule has 2 aromatic heterocycles. The molecule has 23 heavy (non-hydrogen) atoms. The Morgan fingerprint density at radius 3 is 2.78 bits per heavy atom. The molecule has 0 spiro atoms. The highest BCUT2D eigenvalue weighted by Crippen LogP contribution is 2.32. The molecule has 1 aromatic carbocycles. The van der Waals surface area contributed by atoms with Crippen LogP contribution < -0.4 is 4.90 Å². The Labute approximate surface area is 136 Å². The Balaban J connectivity index is 1.55. The minimum absolute atomic E-state index is 0.0293. The molecule has 1 aliphatic rings. The number of carbonyl (C=O) groups excluding carboxylic acids is 1. The van der Waals surface area contributed by atoms with Crippen LogP contribution in [0.2, 0.25) is 5.02 Å². The van der Waals surface area contributed by atoms with Crippen LogP contribution in [0.5, 0.6) is 0 Å². The lowest BCUT2D eigenvalue weighted by Crippen LogP contribution is -2.24. The normalized spacial score (nSPS) is 17.9. The molecule has 0 bridgehead atoms. The maximum absolute atomic E-state index is 12.3. The second-order valence-electron chi connectivity index (χ2n) is 5.32. The monoisotopic (exact) mass is 329 g/mol. The summed E-state index contributed by atoms with van der Waals surface area (Å²) in [5, 5.41) is 4.62. The van der Waals surface area contributed by atoms with Gasteiger partial charge in [-0.25, -0.2) is 0 Å². The van der Waals surface area contributed by atoms with Crippen molar-refractivity contribution in [2.75, 3.05) is 11.4 Å². The quantitative estimate of drug-likeness (QED) is 0.735. The molecule has 1 saturated heterocycles. The second kappa shape index (κ2) is 5.55. The van der Waals surface area contributed by atoms with Gasteiger partial charge in [-0.05, 0) is 36.4 Å². The summed E-state index contributed by atoms with van der Waals surface area (Å²) in [5.74, 6) is 1.28. The number of aromatic nitrogens is 2. The van der Waals surface area contributed by atoms with Crippen LogP contribution in [0.15, 0.2) is 51.6 Å². The Morgan fingerprint density at radius 2 is 2.04 bits per heavy atom. The third kappa shape index (κ3) is 2.61. The van der Waals surface area contributed by atoms with Gasteiger partial charge in [0.15, 0.2) is 11.6 Å². The molecular weight excluding hydrogens is 318 g/mol. The minimum atomic E-state index is -0.106. The Hall–Kier alpha value is -2.60. The molecule has 0 saturated carbocycles. The molecule has 4 rings (SSSR count). The maximum atomic E-state index is 12.3. The highest BCUT2D eigenvalue weighted by molar-refractivity contribution is 6.30. The van der Waals surface area contributed by atoms with E-state index < -0.39 is 0 Å². The molecule has 3 heterocycles. The fourth-order valence-corrected chi connectivity index (χ4v) is 2.78. The van der Waals surface area contributed by atoms with Gasteiger partial charge in [0.25, 0.3) is 5.89 Å². The summed E-state index contributed by atoms with van der Waals surface area (Å²) in [6, 6.07) is 10.7. The number of amides is 1. The van der Waals surface area contributed by atoms with Gasteiger partial charge in [-0.2, -0.15) is 4.98 Å². The number of nitrogens with zero attached hydrogens (tertiary/aromatic N) is 3. The van der Waals surface area contributed by atoms with Gasteiger partial charge in [0, 0.05) is 29.6 Å². The van der Waals surface area contributed by atoms with Gasteiger partial charge in [0.2, 0.25) is 5.91 Å². The van der Waals surface area contributed by atoms with Crippen LogP contribution in [0.25, 0.3) is 11.7 Å². The second-order valence-corrected chi connectivity index (χ2v) is 5.75. The summed E-state index contributed by atoms with van der Waals surface area (Å²) >= 11 is 5.89. The zero-order valence-corrected chi connectivity index (χ0v) is 12.7. The van der Waals surface area contributed by atoms with E-state index in [1.807, 2.05) is 12.1 Å². The van der Waals surface area contributed by atoms with E-state index in [1.165, 1.54) is 0 Å². The van der Waals surface area contributed by atoms with Gasteiger partial charge < -0.3 is 13.8 Å². The van der Waals surface area contributed by atoms with Crippen molar-refractivity contribution < 1.29 is 13.7 Å². The summed E-state index contributed by atoms with van der Waals surface area (Å²) < 4.78 is 10.4. The number of benzene rings is 1. The third-order valence-corrected chi connectivity index (χ3v) is 4.05. The molecule has 1 aliphatic heterocycles. The van der Waals surface area contributed by atoms with Crippen molar-refractivity contribution in [3.8, 4) is 11.7 Å². The van der Waals surface area contributed by atoms with E-state index in [9.17, 15) is 4.79 Å². The molecule has 3 aromatic rings. The molecule has 116 valence electrons. The first kappa shape index (κ1) is 14.0. The fourth-order valence-electron chi connectivity index (χ4n) is 2.65. The van der Waals surface area contributed by atoms with Crippen molar-refractivity contribution in [1.29, 1.82) is 0 Å². The summed E-state index contributed by atoms with van der Waals surface area (Å²) in [5.41, 5.74) is 0.816. The van der Waals surface area contributed by atoms with E-state index >= 15 is 0 Å². The van der Waals surface area contributed by atoms with E-state index in [4.69, 9.17) is 20.5 Å². The summed E-state index contributed by atoms with van der Waals surface area (Å²) in [4.78, 5) is 18.3. The molecule has 1 fully saturated rings. The van der Waals surface area contributed by atoms with Crippen LogP contribution in [0, 0.1) is 0 Å². The van der Waals surface area contributed by atoms with Gasteiger partial charge in [-0.15, -0.1) is 0 Å². The van der Waals surface area contributed by atoms with Gasteiger partial charge in [0.1, 0.15) is 0 Å². The zero-order valence-electron chi connectivity index (χ0n) is 12.0. The smallest absolute Gasteiger partial charge is 0.293 e. The number of furan rings is 1. The highest BCUT2D eigenvalue weighted by atomic mass is 35.5.